The highest BCUT2D eigenvalue weighted by Gasteiger charge is 2.35. The third kappa shape index (κ3) is 2.48. The van der Waals surface area contributed by atoms with Crippen LogP contribution in [0.25, 0.3) is 4.91 Å². The van der Waals surface area contributed by atoms with Gasteiger partial charge < -0.3 is 0 Å². The van der Waals surface area contributed by atoms with Gasteiger partial charge in [-0.2, -0.15) is 5.10 Å². The quantitative estimate of drug-likeness (QED) is 0.906. The lowest BCUT2D eigenvalue weighted by molar-refractivity contribution is 0.618. The molecule has 4 nitrogen and oxygen atoms in total. The fourth-order valence-corrected chi connectivity index (χ4v) is 5.58. The van der Waals surface area contributed by atoms with E-state index in [0.717, 1.165) is 31.5 Å². The Morgan fingerprint density at radius 1 is 1.38 bits per heavy atom. The van der Waals surface area contributed by atoms with Gasteiger partial charge in [0.15, 0.2) is 0 Å². The number of nitrogens with one attached hydrogen (secondary N) is 1. The van der Waals surface area contributed by atoms with Crippen molar-refractivity contribution in [1.29, 1.82) is 0 Å². The molecule has 122 valence electrons. The second-order valence-electron chi connectivity index (χ2n) is 5.51. The average Bonchev–Trinajstić information content (AvgIpc) is 3.19. The first-order valence-corrected chi connectivity index (χ1v) is 9.78. The van der Waals surface area contributed by atoms with Crippen molar-refractivity contribution >= 4 is 33.7 Å². The van der Waals surface area contributed by atoms with E-state index in [1.165, 1.54) is 23.9 Å². The SMILES string of the molecule is CSC1=C2C=N[C@H](c3cccc(F)c3)CC2=C(c2ccn[nH]2)S1=O. The van der Waals surface area contributed by atoms with Crippen molar-refractivity contribution in [2.24, 2.45) is 4.99 Å². The number of benzene rings is 1. The minimum absolute atomic E-state index is 0.171. The van der Waals surface area contributed by atoms with Gasteiger partial charge in [0.05, 0.1) is 31.7 Å². The molecule has 0 radical (unpaired) electrons. The van der Waals surface area contributed by atoms with Gasteiger partial charge in [-0.1, -0.05) is 12.1 Å². The lowest BCUT2D eigenvalue weighted by Gasteiger charge is -2.20. The number of halogens is 1. The summed E-state index contributed by atoms with van der Waals surface area (Å²) in [5.41, 5.74) is 3.52. The lowest BCUT2D eigenvalue weighted by Crippen LogP contribution is -2.07. The highest BCUT2D eigenvalue weighted by molar-refractivity contribution is 8.19. The third-order valence-corrected chi connectivity index (χ3v) is 7.06. The van der Waals surface area contributed by atoms with Crippen molar-refractivity contribution in [2.75, 3.05) is 6.26 Å². The van der Waals surface area contributed by atoms with Crippen LogP contribution in [-0.2, 0) is 10.8 Å². The number of aromatic nitrogens is 2. The molecule has 2 aromatic rings. The molecule has 0 amide bonds. The normalized spacial score (nSPS) is 23.1. The minimum atomic E-state index is -1.24. The Hall–Kier alpha value is -1.99. The lowest BCUT2D eigenvalue weighted by atomic mass is 9.92. The molecule has 1 N–H and O–H groups in total. The van der Waals surface area contributed by atoms with Crippen molar-refractivity contribution < 1.29 is 8.60 Å². The van der Waals surface area contributed by atoms with Gasteiger partial charge in [0.2, 0.25) is 0 Å². The van der Waals surface area contributed by atoms with E-state index in [2.05, 4.69) is 15.2 Å². The molecule has 7 heteroatoms. The molecule has 2 atom stereocenters. The van der Waals surface area contributed by atoms with Crippen molar-refractivity contribution in [2.45, 2.75) is 12.5 Å². The van der Waals surface area contributed by atoms with Crippen LogP contribution in [0.5, 0.6) is 0 Å². The summed E-state index contributed by atoms with van der Waals surface area (Å²) in [6, 6.07) is 8.15. The number of nitrogens with zero attached hydrogens (tertiary/aromatic N) is 2. The summed E-state index contributed by atoms with van der Waals surface area (Å²) in [6.45, 7) is 0. The van der Waals surface area contributed by atoms with Gasteiger partial charge in [0.25, 0.3) is 0 Å². The molecule has 1 aromatic heterocycles. The van der Waals surface area contributed by atoms with Gasteiger partial charge in [-0.15, -0.1) is 11.8 Å². The van der Waals surface area contributed by atoms with Crippen molar-refractivity contribution in [1.82, 2.24) is 10.2 Å². The number of allylic oxidation sites excluding steroid dienone is 1. The molecule has 0 aliphatic carbocycles. The molecule has 2 aliphatic rings. The van der Waals surface area contributed by atoms with Crippen molar-refractivity contribution in [3.63, 3.8) is 0 Å². The first kappa shape index (κ1) is 15.5. The van der Waals surface area contributed by atoms with Crippen LogP contribution >= 0.6 is 11.8 Å². The maximum atomic E-state index is 13.5. The van der Waals surface area contributed by atoms with Crippen LogP contribution in [0.15, 0.2) is 56.9 Å². The van der Waals surface area contributed by atoms with E-state index >= 15 is 0 Å². The second-order valence-corrected chi connectivity index (χ2v) is 7.93. The maximum Gasteiger partial charge on any atom is 0.123 e. The predicted octanol–water partition coefficient (Wildman–Crippen LogP) is 3.81. The van der Waals surface area contributed by atoms with Crippen LogP contribution < -0.4 is 0 Å². The maximum absolute atomic E-state index is 13.5. The van der Waals surface area contributed by atoms with Crippen LogP contribution in [0.3, 0.4) is 0 Å². The molecule has 0 bridgehead atoms. The van der Waals surface area contributed by atoms with E-state index in [1.54, 1.807) is 18.5 Å². The Labute approximate surface area is 145 Å². The Kier molecular flexibility index (Phi) is 3.97. The molecule has 0 spiro atoms. The summed E-state index contributed by atoms with van der Waals surface area (Å²) in [4.78, 5) is 5.34. The zero-order valence-corrected chi connectivity index (χ0v) is 14.5. The summed E-state index contributed by atoms with van der Waals surface area (Å²) in [5, 5.41) is 6.89. The summed E-state index contributed by atoms with van der Waals surface area (Å²) < 4.78 is 27.2. The Morgan fingerprint density at radius 2 is 2.25 bits per heavy atom. The molecule has 0 fully saturated rings. The van der Waals surface area contributed by atoms with Crippen LogP contribution in [0.1, 0.15) is 23.7 Å². The number of fused-ring (bicyclic) bond motifs is 1. The highest BCUT2D eigenvalue weighted by atomic mass is 32.2. The zero-order valence-electron chi connectivity index (χ0n) is 12.8. The van der Waals surface area contributed by atoms with E-state index in [4.69, 9.17) is 0 Å². The number of aromatic amines is 1. The summed E-state index contributed by atoms with van der Waals surface area (Å²) in [7, 11) is -1.24. The third-order valence-electron chi connectivity index (χ3n) is 4.12. The largest absolute Gasteiger partial charge is 0.284 e. The zero-order chi connectivity index (χ0) is 16.7. The summed E-state index contributed by atoms with van der Waals surface area (Å²) in [6.07, 6.45) is 5.94. The molecule has 2 aliphatic heterocycles. The first-order valence-electron chi connectivity index (χ1n) is 7.41. The van der Waals surface area contributed by atoms with Crippen LogP contribution in [0.4, 0.5) is 4.39 Å². The van der Waals surface area contributed by atoms with Crippen molar-refractivity contribution in [3.05, 3.63) is 69.0 Å². The predicted molar refractivity (Wildman–Crippen MR) is 96.4 cm³/mol. The molecule has 24 heavy (non-hydrogen) atoms. The number of thioether (sulfide) groups is 1. The van der Waals surface area contributed by atoms with E-state index < -0.39 is 10.8 Å². The van der Waals surface area contributed by atoms with Gasteiger partial charge >= 0.3 is 0 Å². The van der Waals surface area contributed by atoms with E-state index in [0.29, 0.717) is 6.42 Å². The monoisotopic (exact) mass is 359 g/mol. The standard InChI is InChI=1S/C17H14FN3OS2/c1-23-17-13-9-19-15(10-3-2-4-11(18)7-10)8-12(13)16(24(17)22)14-5-6-20-21-14/h2-7,9,15H,8H2,1H3,(H,20,21)/t15-,24?/m0/s1. The van der Waals surface area contributed by atoms with E-state index in [-0.39, 0.29) is 11.9 Å². The Bertz CT molecular complexity index is 916. The molecule has 1 aromatic carbocycles. The topological polar surface area (TPSA) is 58.1 Å². The van der Waals surface area contributed by atoms with Gasteiger partial charge in [-0.3, -0.25) is 10.1 Å². The van der Waals surface area contributed by atoms with Crippen LogP contribution in [0.2, 0.25) is 0 Å². The first-order chi connectivity index (χ1) is 11.7. The van der Waals surface area contributed by atoms with Crippen LogP contribution in [0, 0.1) is 5.82 Å². The van der Waals surface area contributed by atoms with Gasteiger partial charge in [0, 0.05) is 24.4 Å². The van der Waals surface area contributed by atoms with Gasteiger partial charge in [-0.05, 0) is 35.6 Å². The number of hydrogen-bond acceptors (Lipinski definition) is 4. The fourth-order valence-electron chi connectivity index (χ4n) is 3.04. The molecule has 3 heterocycles. The number of aliphatic imine (C=N–C) groups is 1. The van der Waals surface area contributed by atoms with Crippen molar-refractivity contribution in [3.8, 4) is 0 Å². The van der Waals surface area contributed by atoms with E-state index in [1.807, 2.05) is 18.4 Å². The van der Waals surface area contributed by atoms with Crippen LogP contribution in [-0.4, -0.2) is 26.9 Å². The fraction of sp³-hybridized carbons (Fsp3) is 0.176. The second kappa shape index (κ2) is 6.14. The van der Waals surface area contributed by atoms with Gasteiger partial charge in [-0.25, -0.2) is 8.60 Å². The number of rotatable bonds is 3. The average molecular weight is 359 g/mol. The van der Waals surface area contributed by atoms with E-state index in [9.17, 15) is 8.60 Å². The molecule has 1 unspecified atom stereocenters. The molecular weight excluding hydrogens is 345 g/mol. The number of hydrogen-bond donors (Lipinski definition) is 1. The minimum Gasteiger partial charge on any atom is -0.284 e. The van der Waals surface area contributed by atoms with Gasteiger partial charge in [0.1, 0.15) is 5.82 Å². The highest BCUT2D eigenvalue weighted by Crippen LogP contribution is 2.47. The molecular formula is C17H14FN3OS2. The molecule has 4 rings (SSSR count). The number of H-pyrrole nitrogens is 1. The summed E-state index contributed by atoms with van der Waals surface area (Å²) >= 11 is 1.48. The Balaban J connectivity index is 1.82. The molecule has 0 saturated carbocycles. The summed E-state index contributed by atoms with van der Waals surface area (Å²) in [5.74, 6) is -0.272. The molecule has 0 saturated heterocycles. The Morgan fingerprint density at radius 3 is 2.96 bits per heavy atom. The smallest absolute Gasteiger partial charge is 0.123 e.